The number of imidazole rings is 1. The van der Waals surface area contributed by atoms with Crippen molar-refractivity contribution in [1.82, 2.24) is 19.9 Å². The molecule has 2 aromatic carbocycles. The highest BCUT2D eigenvalue weighted by molar-refractivity contribution is 7.98. The molecule has 0 aliphatic rings. The number of amides is 1. The first-order valence-corrected chi connectivity index (χ1v) is 11.5. The summed E-state index contributed by atoms with van der Waals surface area (Å²) in [6.45, 7) is 4.75. The van der Waals surface area contributed by atoms with Gasteiger partial charge in [0.2, 0.25) is 0 Å². The molecule has 2 heterocycles. The average molecular weight is 431 g/mol. The molecule has 0 fully saturated rings. The molecule has 6 heteroatoms. The number of rotatable bonds is 8. The van der Waals surface area contributed by atoms with Gasteiger partial charge in [-0.2, -0.15) is 0 Å². The number of benzene rings is 2. The number of pyridine rings is 1. The summed E-state index contributed by atoms with van der Waals surface area (Å²) in [6, 6.07) is 20.3. The molecule has 2 aromatic heterocycles. The van der Waals surface area contributed by atoms with Crippen LogP contribution in [0.1, 0.15) is 41.8 Å². The maximum atomic E-state index is 12.4. The molecule has 0 saturated carbocycles. The zero-order valence-corrected chi connectivity index (χ0v) is 18.6. The van der Waals surface area contributed by atoms with Crippen LogP contribution in [0.5, 0.6) is 0 Å². The number of hydrogen-bond acceptors (Lipinski definition) is 4. The Labute approximate surface area is 186 Å². The minimum Gasteiger partial charge on any atom is -0.350 e. The van der Waals surface area contributed by atoms with Crippen LogP contribution in [-0.4, -0.2) is 26.5 Å². The number of carbonyl (C=O) groups excluding carboxylic acids is 1. The van der Waals surface area contributed by atoms with Crippen molar-refractivity contribution in [3.05, 3.63) is 89.7 Å². The zero-order valence-electron chi connectivity index (χ0n) is 17.8. The molecule has 1 N–H and O–H groups in total. The van der Waals surface area contributed by atoms with Gasteiger partial charge in [-0.05, 0) is 42.7 Å². The van der Waals surface area contributed by atoms with Crippen LogP contribution in [0.25, 0.3) is 11.0 Å². The highest BCUT2D eigenvalue weighted by Crippen LogP contribution is 2.27. The van der Waals surface area contributed by atoms with Crippen LogP contribution in [0.15, 0.2) is 78.2 Å². The minimum absolute atomic E-state index is 0.0303. The van der Waals surface area contributed by atoms with Gasteiger partial charge in [0.1, 0.15) is 0 Å². The van der Waals surface area contributed by atoms with E-state index >= 15 is 0 Å². The van der Waals surface area contributed by atoms with Crippen molar-refractivity contribution in [2.75, 3.05) is 0 Å². The van der Waals surface area contributed by atoms with E-state index in [1.54, 1.807) is 18.0 Å². The van der Waals surface area contributed by atoms with Crippen molar-refractivity contribution in [2.24, 2.45) is 0 Å². The first kappa shape index (κ1) is 21.1. The molecule has 0 spiro atoms. The van der Waals surface area contributed by atoms with Crippen molar-refractivity contribution in [2.45, 2.75) is 43.8 Å². The summed E-state index contributed by atoms with van der Waals surface area (Å²) in [5.74, 6) is 0.823. The Kier molecular flexibility index (Phi) is 6.67. The van der Waals surface area contributed by atoms with Gasteiger partial charge in [0.25, 0.3) is 5.91 Å². The van der Waals surface area contributed by atoms with Gasteiger partial charge in [-0.3, -0.25) is 9.78 Å². The second-order valence-electron chi connectivity index (χ2n) is 7.60. The van der Waals surface area contributed by atoms with Gasteiger partial charge in [-0.15, -0.1) is 0 Å². The van der Waals surface area contributed by atoms with Gasteiger partial charge >= 0.3 is 0 Å². The van der Waals surface area contributed by atoms with Gasteiger partial charge in [-0.1, -0.05) is 61.2 Å². The molecule has 0 saturated heterocycles. The molecule has 0 unspecified atom stereocenters. The Morgan fingerprint density at radius 2 is 1.84 bits per heavy atom. The lowest BCUT2D eigenvalue weighted by Gasteiger charge is -2.12. The lowest BCUT2D eigenvalue weighted by atomic mass is 10.1. The van der Waals surface area contributed by atoms with Crippen LogP contribution in [0.3, 0.4) is 0 Å². The average Bonchev–Trinajstić information content (AvgIpc) is 3.16. The van der Waals surface area contributed by atoms with E-state index in [1.807, 2.05) is 49.5 Å². The highest BCUT2D eigenvalue weighted by Gasteiger charge is 2.13. The molecule has 158 valence electrons. The Bertz CT molecular complexity index is 1160. The van der Waals surface area contributed by atoms with Crippen LogP contribution in [-0.2, 0) is 12.3 Å². The maximum Gasteiger partial charge on any atom is 0.251 e. The van der Waals surface area contributed by atoms with Crippen LogP contribution >= 0.6 is 11.8 Å². The number of thioether (sulfide) groups is 1. The minimum atomic E-state index is -0.0303. The van der Waals surface area contributed by atoms with Crippen LogP contribution < -0.4 is 5.32 Å². The van der Waals surface area contributed by atoms with Gasteiger partial charge in [-0.25, -0.2) is 4.98 Å². The third kappa shape index (κ3) is 5.14. The van der Waals surface area contributed by atoms with Crippen LogP contribution in [0.2, 0.25) is 0 Å². The first-order valence-electron chi connectivity index (χ1n) is 10.5. The fraction of sp³-hybridized carbons (Fsp3) is 0.240. The second-order valence-corrected chi connectivity index (χ2v) is 8.54. The number of fused-ring (bicyclic) bond motifs is 1. The van der Waals surface area contributed by atoms with Gasteiger partial charge in [0.05, 0.1) is 23.8 Å². The molecule has 4 aromatic rings. The van der Waals surface area contributed by atoms with Gasteiger partial charge in [0.15, 0.2) is 5.16 Å². The molecular formula is C25H26N4OS. The normalized spacial score (nSPS) is 12.1. The zero-order chi connectivity index (χ0) is 21.6. The number of hydrogen-bond donors (Lipinski definition) is 1. The van der Waals surface area contributed by atoms with Crippen molar-refractivity contribution in [1.29, 1.82) is 0 Å². The standard InChI is InChI=1S/C25H26N4OS/c1-3-18(2)27-24(30)21-11-9-19(10-12-21)16-29-23-15-26-14-13-22(23)28-25(29)31-17-20-7-5-4-6-8-20/h4-15,18H,3,16-17H2,1-2H3,(H,27,30)/t18-/m0/s1. The molecule has 31 heavy (non-hydrogen) atoms. The molecule has 1 amide bonds. The van der Waals surface area contributed by atoms with Gasteiger partial charge in [0, 0.05) is 23.6 Å². The van der Waals surface area contributed by atoms with E-state index in [1.165, 1.54) is 5.56 Å². The third-order valence-electron chi connectivity index (χ3n) is 5.27. The number of aromatic nitrogens is 3. The van der Waals surface area contributed by atoms with Crippen molar-refractivity contribution >= 4 is 28.7 Å². The van der Waals surface area contributed by atoms with Crippen molar-refractivity contribution in [3.8, 4) is 0 Å². The smallest absolute Gasteiger partial charge is 0.251 e. The molecule has 0 radical (unpaired) electrons. The summed E-state index contributed by atoms with van der Waals surface area (Å²) >= 11 is 1.72. The molecule has 1 atom stereocenters. The predicted molar refractivity (Wildman–Crippen MR) is 126 cm³/mol. The van der Waals surface area contributed by atoms with E-state index in [4.69, 9.17) is 4.98 Å². The summed E-state index contributed by atoms with van der Waals surface area (Å²) in [7, 11) is 0. The Balaban J connectivity index is 1.55. The molecule has 0 aliphatic heterocycles. The Hall–Kier alpha value is -3.12. The second kappa shape index (κ2) is 9.79. The van der Waals surface area contributed by atoms with Crippen molar-refractivity contribution < 1.29 is 4.79 Å². The van der Waals surface area contributed by atoms with Crippen molar-refractivity contribution in [3.63, 3.8) is 0 Å². The fourth-order valence-electron chi connectivity index (χ4n) is 3.29. The van der Waals surface area contributed by atoms with Crippen LogP contribution in [0.4, 0.5) is 0 Å². The topological polar surface area (TPSA) is 59.8 Å². The lowest BCUT2D eigenvalue weighted by Crippen LogP contribution is -2.31. The summed E-state index contributed by atoms with van der Waals surface area (Å²) < 4.78 is 2.20. The number of nitrogens with one attached hydrogen (secondary N) is 1. The maximum absolute atomic E-state index is 12.4. The van der Waals surface area contributed by atoms with E-state index in [2.05, 4.69) is 46.1 Å². The monoisotopic (exact) mass is 430 g/mol. The molecule has 0 bridgehead atoms. The molecular weight excluding hydrogens is 404 g/mol. The highest BCUT2D eigenvalue weighted by atomic mass is 32.2. The van der Waals surface area contributed by atoms with E-state index < -0.39 is 0 Å². The summed E-state index contributed by atoms with van der Waals surface area (Å²) in [4.78, 5) is 21.5. The first-order chi connectivity index (χ1) is 15.1. The van der Waals surface area contributed by atoms with E-state index in [0.717, 1.165) is 33.9 Å². The largest absolute Gasteiger partial charge is 0.350 e. The molecule has 0 aliphatic carbocycles. The fourth-order valence-corrected chi connectivity index (χ4v) is 4.26. The number of nitrogens with zero attached hydrogens (tertiary/aromatic N) is 3. The Morgan fingerprint density at radius 1 is 1.06 bits per heavy atom. The summed E-state index contributed by atoms with van der Waals surface area (Å²) in [6.07, 6.45) is 4.55. The Morgan fingerprint density at radius 3 is 2.58 bits per heavy atom. The summed E-state index contributed by atoms with van der Waals surface area (Å²) in [5, 5.41) is 3.97. The molecule has 5 nitrogen and oxygen atoms in total. The van der Waals surface area contributed by atoms with Gasteiger partial charge < -0.3 is 9.88 Å². The van der Waals surface area contributed by atoms with Crippen LogP contribution in [0, 0.1) is 0 Å². The van der Waals surface area contributed by atoms with E-state index in [0.29, 0.717) is 12.1 Å². The van der Waals surface area contributed by atoms with E-state index in [9.17, 15) is 4.79 Å². The third-order valence-corrected chi connectivity index (χ3v) is 6.32. The predicted octanol–water partition coefficient (Wildman–Crippen LogP) is 5.30. The van der Waals surface area contributed by atoms with E-state index in [-0.39, 0.29) is 11.9 Å². The number of carbonyl (C=O) groups is 1. The SMILES string of the molecule is CC[C@H](C)NC(=O)c1ccc(Cn2c(SCc3ccccc3)nc3ccncc32)cc1. The quantitative estimate of drug-likeness (QED) is 0.385. The molecule has 4 rings (SSSR count). The summed E-state index contributed by atoms with van der Waals surface area (Å²) in [5.41, 5.74) is 5.01. The lowest BCUT2D eigenvalue weighted by molar-refractivity contribution is 0.0939.